The number of ether oxygens (including phenoxy) is 1. The van der Waals surface area contributed by atoms with E-state index in [1.54, 1.807) is 0 Å². The molecule has 0 unspecified atom stereocenters. The zero-order valence-electron chi connectivity index (χ0n) is 10.6. The highest BCUT2D eigenvalue weighted by molar-refractivity contribution is 5.69. The van der Waals surface area contributed by atoms with Crippen LogP contribution in [0.3, 0.4) is 0 Å². The zero-order chi connectivity index (χ0) is 11.5. The molecule has 2 nitrogen and oxygen atoms in total. The topological polar surface area (TPSA) is 26.3 Å². The number of hydrogen-bond donors (Lipinski definition) is 0. The summed E-state index contributed by atoms with van der Waals surface area (Å²) in [5, 5.41) is 0. The molecule has 0 heterocycles. The highest BCUT2D eigenvalue weighted by atomic mass is 16.5. The van der Waals surface area contributed by atoms with Crippen molar-refractivity contribution in [1.29, 1.82) is 0 Å². The van der Waals surface area contributed by atoms with E-state index in [9.17, 15) is 4.79 Å². The monoisotopic (exact) mass is 214 g/mol. The molecule has 0 aliphatic carbocycles. The summed E-state index contributed by atoms with van der Waals surface area (Å²) < 4.78 is 4.88. The standard InChI is InChI=1S/C13H26O2/c1-4-6-7-9-12(3)10-8-11-13(14)15-5-2/h12H,4-11H2,1-3H3/t12-/m1/s1. The van der Waals surface area contributed by atoms with E-state index in [1.165, 1.54) is 25.7 Å². The van der Waals surface area contributed by atoms with Gasteiger partial charge in [0.1, 0.15) is 0 Å². The summed E-state index contributed by atoms with van der Waals surface area (Å²) in [5.41, 5.74) is 0. The Balaban J connectivity index is 3.30. The lowest BCUT2D eigenvalue weighted by Crippen LogP contribution is -2.04. The Kier molecular flexibility index (Phi) is 9.65. The van der Waals surface area contributed by atoms with Crippen molar-refractivity contribution >= 4 is 5.97 Å². The molecule has 0 radical (unpaired) electrons. The predicted octanol–water partition coefficient (Wildman–Crippen LogP) is 3.94. The Hall–Kier alpha value is -0.530. The second-order valence-corrected chi connectivity index (χ2v) is 4.30. The number of unbranched alkanes of at least 4 members (excludes halogenated alkanes) is 2. The quantitative estimate of drug-likeness (QED) is 0.429. The van der Waals surface area contributed by atoms with Gasteiger partial charge in [0.15, 0.2) is 0 Å². The van der Waals surface area contributed by atoms with Crippen molar-refractivity contribution < 1.29 is 9.53 Å². The van der Waals surface area contributed by atoms with Crippen molar-refractivity contribution in [3.8, 4) is 0 Å². The maximum absolute atomic E-state index is 11.1. The van der Waals surface area contributed by atoms with Gasteiger partial charge >= 0.3 is 5.97 Å². The van der Waals surface area contributed by atoms with Gasteiger partial charge in [-0.1, -0.05) is 46.0 Å². The first-order valence-electron chi connectivity index (χ1n) is 6.36. The second-order valence-electron chi connectivity index (χ2n) is 4.30. The molecule has 90 valence electrons. The minimum atomic E-state index is -0.0433. The van der Waals surface area contributed by atoms with Crippen LogP contribution in [0.5, 0.6) is 0 Å². The largest absolute Gasteiger partial charge is 0.466 e. The summed E-state index contributed by atoms with van der Waals surface area (Å²) in [6.45, 7) is 6.86. The van der Waals surface area contributed by atoms with E-state index in [0.29, 0.717) is 13.0 Å². The Morgan fingerprint density at radius 3 is 2.40 bits per heavy atom. The molecule has 0 rings (SSSR count). The van der Waals surface area contributed by atoms with Crippen molar-refractivity contribution in [3.63, 3.8) is 0 Å². The molecule has 0 aliphatic heterocycles. The fraction of sp³-hybridized carbons (Fsp3) is 0.923. The molecule has 0 bridgehead atoms. The van der Waals surface area contributed by atoms with Crippen molar-refractivity contribution in [2.24, 2.45) is 5.92 Å². The molecule has 0 N–H and O–H groups in total. The number of esters is 1. The number of carbonyl (C=O) groups is 1. The van der Waals surface area contributed by atoms with Gasteiger partial charge in [0, 0.05) is 6.42 Å². The van der Waals surface area contributed by atoms with Gasteiger partial charge in [-0.15, -0.1) is 0 Å². The third kappa shape index (κ3) is 9.77. The van der Waals surface area contributed by atoms with Gasteiger partial charge in [0.05, 0.1) is 6.61 Å². The normalized spacial score (nSPS) is 12.5. The van der Waals surface area contributed by atoms with Crippen LogP contribution in [0.25, 0.3) is 0 Å². The van der Waals surface area contributed by atoms with Crippen molar-refractivity contribution in [2.75, 3.05) is 6.61 Å². The molecule has 1 atom stereocenters. The van der Waals surface area contributed by atoms with Gasteiger partial charge in [-0.2, -0.15) is 0 Å². The summed E-state index contributed by atoms with van der Waals surface area (Å²) in [6, 6.07) is 0. The molecule has 15 heavy (non-hydrogen) atoms. The lowest BCUT2D eigenvalue weighted by molar-refractivity contribution is -0.143. The van der Waals surface area contributed by atoms with Gasteiger partial charge in [-0.3, -0.25) is 4.79 Å². The van der Waals surface area contributed by atoms with Crippen molar-refractivity contribution in [2.45, 2.75) is 65.7 Å². The van der Waals surface area contributed by atoms with Gasteiger partial charge in [0.2, 0.25) is 0 Å². The van der Waals surface area contributed by atoms with Crippen LogP contribution in [-0.2, 0) is 9.53 Å². The minimum Gasteiger partial charge on any atom is -0.466 e. The van der Waals surface area contributed by atoms with Crippen LogP contribution in [0, 0.1) is 5.92 Å². The summed E-state index contributed by atoms with van der Waals surface area (Å²) in [6.07, 6.45) is 7.98. The highest BCUT2D eigenvalue weighted by Crippen LogP contribution is 2.15. The van der Waals surface area contributed by atoms with Gasteiger partial charge < -0.3 is 4.74 Å². The summed E-state index contributed by atoms with van der Waals surface area (Å²) >= 11 is 0. The number of carbonyl (C=O) groups excluding carboxylic acids is 1. The molecule has 2 heteroatoms. The Morgan fingerprint density at radius 1 is 1.13 bits per heavy atom. The fourth-order valence-corrected chi connectivity index (χ4v) is 1.72. The molecule has 0 fully saturated rings. The van der Waals surface area contributed by atoms with Crippen LogP contribution in [0.1, 0.15) is 65.7 Å². The molecule has 0 aromatic carbocycles. The van der Waals surface area contributed by atoms with E-state index in [1.807, 2.05) is 6.92 Å². The third-order valence-electron chi connectivity index (χ3n) is 2.68. The van der Waals surface area contributed by atoms with E-state index in [-0.39, 0.29) is 5.97 Å². The van der Waals surface area contributed by atoms with Crippen LogP contribution in [0.4, 0.5) is 0 Å². The first-order valence-corrected chi connectivity index (χ1v) is 6.36. The highest BCUT2D eigenvalue weighted by Gasteiger charge is 2.05. The first kappa shape index (κ1) is 14.5. The molecular formula is C13H26O2. The number of rotatable bonds is 9. The smallest absolute Gasteiger partial charge is 0.305 e. The van der Waals surface area contributed by atoms with E-state index < -0.39 is 0 Å². The van der Waals surface area contributed by atoms with Crippen molar-refractivity contribution in [1.82, 2.24) is 0 Å². The Bertz CT molecular complexity index is 155. The Labute approximate surface area is 94.4 Å². The minimum absolute atomic E-state index is 0.0433. The number of hydrogen-bond acceptors (Lipinski definition) is 2. The zero-order valence-corrected chi connectivity index (χ0v) is 10.6. The molecule has 0 aliphatic rings. The second kappa shape index (κ2) is 10.0. The van der Waals surface area contributed by atoms with Crippen LogP contribution in [0.15, 0.2) is 0 Å². The lowest BCUT2D eigenvalue weighted by Gasteiger charge is -2.10. The van der Waals surface area contributed by atoms with E-state index in [4.69, 9.17) is 4.74 Å². The third-order valence-corrected chi connectivity index (χ3v) is 2.68. The Morgan fingerprint density at radius 2 is 1.80 bits per heavy atom. The van der Waals surface area contributed by atoms with Crippen LogP contribution in [0.2, 0.25) is 0 Å². The SMILES string of the molecule is CCCCC[C@@H](C)CCCC(=O)OCC. The van der Waals surface area contributed by atoms with E-state index >= 15 is 0 Å². The van der Waals surface area contributed by atoms with Crippen LogP contribution >= 0.6 is 0 Å². The first-order chi connectivity index (χ1) is 7.20. The maximum Gasteiger partial charge on any atom is 0.305 e. The lowest BCUT2D eigenvalue weighted by atomic mass is 9.97. The van der Waals surface area contributed by atoms with Crippen LogP contribution in [-0.4, -0.2) is 12.6 Å². The average molecular weight is 214 g/mol. The molecule has 0 saturated heterocycles. The average Bonchev–Trinajstić information content (AvgIpc) is 2.18. The fourth-order valence-electron chi connectivity index (χ4n) is 1.72. The van der Waals surface area contributed by atoms with E-state index in [0.717, 1.165) is 18.8 Å². The maximum atomic E-state index is 11.1. The molecule has 0 spiro atoms. The van der Waals surface area contributed by atoms with Crippen LogP contribution < -0.4 is 0 Å². The summed E-state index contributed by atoms with van der Waals surface area (Å²) in [7, 11) is 0. The van der Waals surface area contributed by atoms with E-state index in [2.05, 4.69) is 13.8 Å². The molecule has 0 amide bonds. The molecule has 0 aromatic rings. The van der Waals surface area contributed by atoms with Gasteiger partial charge in [-0.05, 0) is 19.3 Å². The predicted molar refractivity (Wildman–Crippen MR) is 63.8 cm³/mol. The van der Waals surface area contributed by atoms with Crippen molar-refractivity contribution in [3.05, 3.63) is 0 Å². The molecule has 0 saturated carbocycles. The van der Waals surface area contributed by atoms with Gasteiger partial charge in [0.25, 0.3) is 0 Å². The summed E-state index contributed by atoms with van der Waals surface area (Å²) in [4.78, 5) is 11.1. The van der Waals surface area contributed by atoms with Gasteiger partial charge in [-0.25, -0.2) is 0 Å². The molecule has 0 aromatic heterocycles. The summed E-state index contributed by atoms with van der Waals surface area (Å²) in [5.74, 6) is 0.712. The molecular weight excluding hydrogens is 188 g/mol.